The molecule has 18 heavy (non-hydrogen) atoms. The SMILES string of the molecule is CC1(O)CCN(Cc2cc(F)cc(C(N)=S)c2)C1. The quantitative estimate of drug-likeness (QED) is 0.814. The molecular weight excluding hydrogens is 251 g/mol. The molecule has 1 atom stereocenters. The summed E-state index contributed by atoms with van der Waals surface area (Å²) >= 11 is 4.86. The maximum atomic E-state index is 13.4. The van der Waals surface area contributed by atoms with Gasteiger partial charge in [-0.1, -0.05) is 12.2 Å². The van der Waals surface area contributed by atoms with Crippen molar-refractivity contribution in [3.05, 3.63) is 35.1 Å². The number of β-amino-alcohol motifs (C(OH)–C–C–N with tert-alkyl or cyclic N) is 1. The second kappa shape index (κ2) is 4.91. The Morgan fingerprint density at radius 2 is 2.28 bits per heavy atom. The van der Waals surface area contributed by atoms with Crippen LogP contribution < -0.4 is 5.73 Å². The van der Waals surface area contributed by atoms with Gasteiger partial charge in [-0.3, -0.25) is 4.90 Å². The number of aliphatic hydroxyl groups is 1. The molecule has 1 aliphatic rings. The Bertz CT molecular complexity index is 476. The number of rotatable bonds is 3. The van der Waals surface area contributed by atoms with Crippen LogP contribution in [0.5, 0.6) is 0 Å². The van der Waals surface area contributed by atoms with Crippen LogP contribution in [0, 0.1) is 5.82 Å². The molecule has 1 aromatic carbocycles. The lowest BCUT2D eigenvalue weighted by molar-refractivity contribution is 0.0679. The second-order valence-corrected chi connectivity index (χ2v) is 5.61. The van der Waals surface area contributed by atoms with Crippen molar-refractivity contribution in [2.75, 3.05) is 13.1 Å². The smallest absolute Gasteiger partial charge is 0.124 e. The first-order chi connectivity index (χ1) is 8.35. The Kier molecular flexibility index (Phi) is 3.66. The van der Waals surface area contributed by atoms with Crippen molar-refractivity contribution in [3.63, 3.8) is 0 Å². The van der Waals surface area contributed by atoms with E-state index < -0.39 is 5.60 Å². The van der Waals surface area contributed by atoms with E-state index in [1.165, 1.54) is 12.1 Å². The van der Waals surface area contributed by atoms with Crippen molar-refractivity contribution in [2.24, 2.45) is 5.73 Å². The van der Waals surface area contributed by atoms with Crippen LogP contribution in [0.1, 0.15) is 24.5 Å². The summed E-state index contributed by atoms with van der Waals surface area (Å²) < 4.78 is 13.4. The van der Waals surface area contributed by atoms with Crippen molar-refractivity contribution in [2.45, 2.75) is 25.5 Å². The van der Waals surface area contributed by atoms with Crippen molar-refractivity contribution >= 4 is 17.2 Å². The molecule has 1 fully saturated rings. The summed E-state index contributed by atoms with van der Waals surface area (Å²) in [5, 5.41) is 9.88. The van der Waals surface area contributed by atoms with E-state index in [9.17, 15) is 9.50 Å². The summed E-state index contributed by atoms with van der Waals surface area (Å²) in [5.74, 6) is -0.332. The van der Waals surface area contributed by atoms with Crippen LogP contribution in [0.25, 0.3) is 0 Å². The standard InChI is InChI=1S/C13H17FN2OS/c1-13(17)2-3-16(8-13)7-9-4-10(12(15)18)6-11(14)5-9/h4-6,17H,2-3,7-8H2,1H3,(H2,15,18). The van der Waals surface area contributed by atoms with Gasteiger partial charge in [0, 0.05) is 25.2 Å². The highest BCUT2D eigenvalue weighted by Crippen LogP contribution is 2.22. The molecule has 0 aromatic heterocycles. The fraction of sp³-hybridized carbons (Fsp3) is 0.462. The van der Waals surface area contributed by atoms with Crippen molar-refractivity contribution in [1.82, 2.24) is 4.90 Å². The number of benzene rings is 1. The van der Waals surface area contributed by atoms with Crippen molar-refractivity contribution in [1.29, 1.82) is 0 Å². The summed E-state index contributed by atoms with van der Waals surface area (Å²) in [5.41, 5.74) is 6.25. The molecule has 98 valence electrons. The fourth-order valence-corrected chi connectivity index (χ4v) is 2.43. The van der Waals surface area contributed by atoms with E-state index in [4.69, 9.17) is 18.0 Å². The van der Waals surface area contributed by atoms with Crippen LogP contribution in [0.15, 0.2) is 18.2 Å². The Morgan fingerprint density at radius 3 is 2.83 bits per heavy atom. The van der Waals surface area contributed by atoms with Crippen LogP contribution >= 0.6 is 12.2 Å². The summed E-state index contributed by atoms with van der Waals surface area (Å²) in [6.07, 6.45) is 0.741. The largest absolute Gasteiger partial charge is 0.389 e. The molecule has 1 unspecified atom stereocenters. The molecule has 0 amide bonds. The van der Waals surface area contributed by atoms with Crippen LogP contribution in [-0.4, -0.2) is 33.7 Å². The summed E-state index contributed by atoms with van der Waals surface area (Å²) in [4.78, 5) is 2.29. The number of likely N-dealkylation sites (tertiary alicyclic amines) is 1. The van der Waals surface area contributed by atoms with E-state index in [1.807, 2.05) is 6.92 Å². The van der Waals surface area contributed by atoms with E-state index in [2.05, 4.69) is 4.90 Å². The van der Waals surface area contributed by atoms with Gasteiger partial charge in [0.2, 0.25) is 0 Å². The molecule has 1 aliphatic heterocycles. The molecule has 1 heterocycles. The molecule has 3 N–H and O–H groups in total. The highest BCUT2D eigenvalue weighted by Gasteiger charge is 2.31. The minimum absolute atomic E-state index is 0.198. The molecule has 1 aromatic rings. The zero-order valence-electron chi connectivity index (χ0n) is 10.3. The molecule has 3 nitrogen and oxygen atoms in total. The summed E-state index contributed by atoms with van der Waals surface area (Å²) in [6, 6.07) is 4.62. The lowest BCUT2D eigenvalue weighted by Crippen LogP contribution is -2.29. The Balaban J connectivity index is 2.12. The van der Waals surface area contributed by atoms with Gasteiger partial charge >= 0.3 is 0 Å². The lowest BCUT2D eigenvalue weighted by Gasteiger charge is -2.19. The molecule has 1 saturated heterocycles. The van der Waals surface area contributed by atoms with E-state index in [0.29, 0.717) is 18.7 Å². The molecule has 0 saturated carbocycles. The maximum absolute atomic E-state index is 13.4. The highest BCUT2D eigenvalue weighted by molar-refractivity contribution is 7.80. The van der Waals surface area contributed by atoms with Crippen LogP contribution in [0.2, 0.25) is 0 Å². The predicted molar refractivity (Wildman–Crippen MR) is 72.8 cm³/mol. The van der Waals surface area contributed by atoms with Gasteiger partial charge in [-0.05, 0) is 37.1 Å². The van der Waals surface area contributed by atoms with E-state index in [1.54, 1.807) is 6.07 Å². The number of halogens is 1. The topological polar surface area (TPSA) is 49.5 Å². The fourth-order valence-electron chi connectivity index (χ4n) is 2.32. The monoisotopic (exact) mass is 268 g/mol. The summed E-state index contributed by atoms with van der Waals surface area (Å²) in [6.45, 7) is 3.83. The van der Waals surface area contributed by atoms with Gasteiger partial charge in [0.05, 0.1) is 5.60 Å². The van der Waals surface area contributed by atoms with Gasteiger partial charge in [-0.25, -0.2) is 4.39 Å². The van der Waals surface area contributed by atoms with Gasteiger partial charge in [0.15, 0.2) is 0 Å². The molecule has 5 heteroatoms. The normalized spacial score (nSPS) is 24.4. The molecular formula is C13H17FN2OS. The van der Waals surface area contributed by atoms with Gasteiger partial charge < -0.3 is 10.8 Å². The molecule has 0 radical (unpaired) electrons. The van der Waals surface area contributed by atoms with Crippen LogP contribution in [0.4, 0.5) is 4.39 Å². The molecule has 0 aliphatic carbocycles. The first-order valence-electron chi connectivity index (χ1n) is 5.90. The molecule has 2 rings (SSSR count). The molecule has 0 spiro atoms. The third-order valence-corrected chi connectivity index (χ3v) is 3.41. The lowest BCUT2D eigenvalue weighted by atomic mass is 10.1. The molecule has 0 bridgehead atoms. The van der Waals surface area contributed by atoms with Gasteiger partial charge in [0.1, 0.15) is 10.8 Å². The van der Waals surface area contributed by atoms with Crippen LogP contribution in [0.3, 0.4) is 0 Å². The predicted octanol–water partition coefficient (Wildman–Crippen LogP) is 1.42. The highest BCUT2D eigenvalue weighted by atomic mass is 32.1. The average Bonchev–Trinajstić information content (AvgIpc) is 2.57. The number of hydrogen-bond donors (Lipinski definition) is 2. The second-order valence-electron chi connectivity index (χ2n) is 5.17. The van der Waals surface area contributed by atoms with E-state index in [-0.39, 0.29) is 10.8 Å². The van der Waals surface area contributed by atoms with Crippen LogP contribution in [-0.2, 0) is 6.54 Å². The van der Waals surface area contributed by atoms with Crippen molar-refractivity contribution < 1.29 is 9.50 Å². The Morgan fingerprint density at radius 1 is 1.56 bits per heavy atom. The van der Waals surface area contributed by atoms with E-state index in [0.717, 1.165) is 18.5 Å². The van der Waals surface area contributed by atoms with Gasteiger partial charge in [0.25, 0.3) is 0 Å². The Hall–Kier alpha value is -1.04. The first kappa shape index (κ1) is 13.4. The first-order valence-corrected chi connectivity index (χ1v) is 6.31. The third kappa shape index (κ3) is 3.25. The minimum atomic E-state index is -0.640. The van der Waals surface area contributed by atoms with Crippen molar-refractivity contribution in [3.8, 4) is 0 Å². The number of hydrogen-bond acceptors (Lipinski definition) is 3. The third-order valence-electron chi connectivity index (χ3n) is 3.18. The zero-order chi connectivity index (χ0) is 13.3. The average molecular weight is 268 g/mol. The Labute approximate surface area is 111 Å². The number of nitrogens with zero attached hydrogens (tertiary/aromatic N) is 1. The minimum Gasteiger partial charge on any atom is -0.389 e. The number of thiocarbonyl (C=S) groups is 1. The van der Waals surface area contributed by atoms with E-state index >= 15 is 0 Å². The maximum Gasteiger partial charge on any atom is 0.124 e. The van der Waals surface area contributed by atoms with Gasteiger partial charge in [-0.15, -0.1) is 0 Å². The zero-order valence-corrected chi connectivity index (χ0v) is 11.1. The van der Waals surface area contributed by atoms with Gasteiger partial charge in [-0.2, -0.15) is 0 Å². The number of nitrogens with two attached hydrogens (primary N) is 1. The summed E-state index contributed by atoms with van der Waals surface area (Å²) in [7, 11) is 0.